The SMILES string of the molecule is CC(C)[C@H](NC(=O)c1ccc(C=NN)cc1)C(=O)c1ccc(OCC(=O)O)cc1.O=C(O)C(F)(F)F. The van der Waals surface area contributed by atoms with Gasteiger partial charge in [-0.2, -0.15) is 18.3 Å². The number of rotatable bonds is 9. The van der Waals surface area contributed by atoms with E-state index in [1.807, 2.05) is 13.8 Å². The van der Waals surface area contributed by atoms with E-state index >= 15 is 0 Å². The highest BCUT2D eigenvalue weighted by atomic mass is 19.4. The minimum Gasteiger partial charge on any atom is -0.482 e. The summed E-state index contributed by atoms with van der Waals surface area (Å²) in [6.07, 6.45) is -3.62. The summed E-state index contributed by atoms with van der Waals surface area (Å²) in [5.41, 5.74) is 1.56. The smallest absolute Gasteiger partial charge is 0.482 e. The Morgan fingerprint density at radius 1 is 1.00 bits per heavy atom. The lowest BCUT2D eigenvalue weighted by atomic mass is 9.94. The third-order valence-electron chi connectivity index (χ3n) is 4.38. The van der Waals surface area contributed by atoms with Crippen molar-refractivity contribution in [3.05, 3.63) is 65.2 Å². The summed E-state index contributed by atoms with van der Waals surface area (Å²) in [7, 11) is 0. The summed E-state index contributed by atoms with van der Waals surface area (Å²) >= 11 is 0. The van der Waals surface area contributed by atoms with Crippen LogP contribution in [0.3, 0.4) is 0 Å². The highest BCUT2D eigenvalue weighted by Crippen LogP contribution is 2.17. The maximum atomic E-state index is 12.9. The number of carboxylic acids is 2. The molecule has 1 atom stereocenters. The predicted molar refractivity (Wildman–Crippen MR) is 122 cm³/mol. The number of carbonyl (C=O) groups is 4. The van der Waals surface area contributed by atoms with Crippen LogP contribution in [0.5, 0.6) is 5.75 Å². The van der Waals surface area contributed by atoms with Crippen LogP contribution in [-0.2, 0) is 9.59 Å². The number of carbonyl (C=O) groups excluding carboxylic acids is 2. The van der Waals surface area contributed by atoms with Gasteiger partial charge < -0.3 is 26.1 Å². The number of amides is 1. The molecule has 0 aliphatic heterocycles. The molecule has 0 saturated carbocycles. The standard InChI is InChI=1S/C21H23N3O5.C2HF3O2/c1-13(2)19(24-21(28)16-5-3-14(4-6-16)11-23-22)20(27)15-7-9-17(10-8-15)29-12-18(25)26;3-2(4,5)1(6)7/h3-11,13,19H,12,22H2,1-2H3,(H,24,28)(H,25,26);(H,6,7)/t19-;/m0./s1. The number of ketones is 1. The molecule has 194 valence electrons. The number of nitrogens with one attached hydrogen (secondary N) is 1. The summed E-state index contributed by atoms with van der Waals surface area (Å²) in [5.74, 6) is 0.851. The van der Waals surface area contributed by atoms with E-state index in [1.54, 1.807) is 36.4 Å². The maximum absolute atomic E-state index is 12.9. The summed E-state index contributed by atoms with van der Waals surface area (Å²) < 4.78 is 36.8. The fraction of sp³-hybridized carbons (Fsp3) is 0.261. The van der Waals surface area contributed by atoms with Crippen molar-refractivity contribution in [3.63, 3.8) is 0 Å². The Kier molecular flexibility index (Phi) is 11.1. The van der Waals surface area contributed by atoms with Crippen LogP contribution in [0.4, 0.5) is 13.2 Å². The van der Waals surface area contributed by atoms with Crippen molar-refractivity contribution < 1.29 is 47.3 Å². The van der Waals surface area contributed by atoms with Crippen LogP contribution >= 0.6 is 0 Å². The molecule has 2 aromatic rings. The van der Waals surface area contributed by atoms with Gasteiger partial charge in [-0.05, 0) is 47.9 Å². The Morgan fingerprint density at radius 3 is 1.92 bits per heavy atom. The van der Waals surface area contributed by atoms with Crippen LogP contribution < -0.4 is 15.9 Å². The van der Waals surface area contributed by atoms with Crippen molar-refractivity contribution >= 4 is 29.8 Å². The van der Waals surface area contributed by atoms with E-state index < -0.39 is 30.8 Å². The summed E-state index contributed by atoms with van der Waals surface area (Å²) in [6, 6.07) is 12.1. The maximum Gasteiger partial charge on any atom is 0.490 e. The summed E-state index contributed by atoms with van der Waals surface area (Å²) in [6.45, 7) is 3.22. The van der Waals surface area contributed by atoms with Gasteiger partial charge in [0.15, 0.2) is 12.4 Å². The van der Waals surface area contributed by atoms with Crippen LogP contribution in [0.2, 0.25) is 0 Å². The van der Waals surface area contributed by atoms with Crippen molar-refractivity contribution in [3.8, 4) is 5.75 Å². The van der Waals surface area contributed by atoms with Gasteiger partial charge in [0.2, 0.25) is 0 Å². The van der Waals surface area contributed by atoms with E-state index in [9.17, 15) is 27.6 Å². The van der Waals surface area contributed by atoms with Crippen molar-refractivity contribution in [1.82, 2.24) is 5.32 Å². The number of aliphatic carboxylic acids is 2. The molecule has 0 unspecified atom stereocenters. The van der Waals surface area contributed by atoms with Crippen LogP contribution in [-0.4, -0.2) is 58.9 Å². The monoisotopic (exact) mass is 511 g/mol. The highest BCUT2D eigenvalue weighted by molar-refractivity contribution is 6.04. The zero-order valence-electron chi connectivity index (χ0n) is 19.2. The number of alkyl halides is 3. The molecule has 0 aliphatic rings. The predicted octanol–water partition coefficient (Wildman–Crippen LogP) is 2.71. The molecule has 36 heavy (non-hydrogen) atoms. The molecule has 10 nitrogen and oxygen atoms in total. The average Bonchev–Trinajstić information content (AvgIpc) is 2.81. The number of ether oxygens (including phenoxy) is 1. The first-order valence-corrected chi connectivity index (χ1v) is 10.2. The molecule has 0 heterocycles. The minimum atomic E-state index is -5.08. The number of Topliss-reactive ketones (excluding diaryl/α,β-unsaturated/α-hetero) is 1. The molecule has 0 fully saturated rings. The molecular weight excluding hydrogens is 487 g/mol. The van der Waals surface area contributed by atoms with Crippen LogP contribution in [0.15, 0.2) is 53.6 Å². The second kappa shape index (κ2) is 13.5. The molecule has 2 rings (SSSR count). The van der Waals surface area contributed by atoms with Gasteiger partial charge in [0.05, 0.1) is 12.3 Å². The topological polar surface area (TPSA) is 168 Å². The van der Waals surface area contributed by atoms with E-state index in [2.05, 4.69) is 10.4 Å². The summed E-state index contributed by atoms with van der Waals surface area (Å²) in [5, 5.41) is 22.0. The fourth-order valence-corrected chi connectivity index (χ4v) is 2.61. The summed E-state index contributed by atoms with van der Waals surface area (Å²) in [4.78, 5) is 44.9. The zero-order chi connectivity index (χ0) is 27.5. The number of hydrogen-bond acceptors (Lipinski definition) is 7. The van der Waals surface area contributed by atoms with E-state index in [0.717, 1.165) is 5.56 Å². The number of hydrazone groups is 1. The largest absolute Gasteiger partial charge is 0.490 e. The Hall–Kier alpha value is -4.42. The number of nitrogens with two attached hydrogens (primary N) is 1. The number of halogens is 3. The minimum absolute atomic E-state index is 0.141. The Labute approximate surface area is 203 Å². The molecular formula is C23H24F3N3O7. The Bertz CT molecular complexity index is 1080. The lowest BCUT2D eigenvalue weighted by molar-refractivity contribution is -0.192. The molecule has 0 bridgehead atoms. The van der Waals surface area contributed by atoms with E-state index in [4.69, 9.17) is 25.6 Å². The lowest BCUT2D eigenvalue weighted by Crippen LogP contribution is -2.44. The first-order valence-electron chi connectivity index (χ1n) is 10.2. The number of carboxylic acid groups (broad SMARTS) is 2. The van der Waals surface area contributed by atoms with E-state index in [-0.39, 0.29) is 17.6 Å². The molecule has 1 amide bonds. The molecule has 0 aliphatic carbocycles. The number of benzene rings is 2. The van der Waals surface area contributed by atoms with Gasteiger partial charge in [-0.15, -0.1) is 0 Å². The van der Waals surface area contributed by atoms with Gasteiger partial charge in [-0.25, -0.2) is 9.59 Å². The van der Waals surface area contributed by atoms with Gasteiger partial charge in [0, 0.05) is 11.1 Å². The number of hydrogen-bond donors (Lipinski definition) is 4. The van der Waals surface area contributed by atoms with Crippen molar-refractivity contribution in [2.75, 3.05) is 6.61 Å². The van der Waals surface area contributed by atoms with Gasteiger partial charge in [-0.3, -0.25) is 9.59 Å². The van der Waals surface area contributed by atoms with E-state index in [1.165, 1.54) is 18.3 Å². The normalized spacial score (nSPS) is 11.8. The second-order valence-electron chi connectivity index (χ2n) is 7.47. The van der Waals surface area contributed by atoms with Crippen molar-refractivity contribution in [2.45, 2.75) is 26.1 Å². The molecule has 0 radical (unpaired) electrons. The molecule has 0 aromatic heterocycles. The molecule has 13 heteroatoms. The van der Waals surface area contributed by atoms with Gasteiger partial charge in [-0.1, -0.05) is 26.0 Å². The first-order chi connectivity index (χ1) is 16.8. The van der Waals surface area contributed by atoms with Gasteiger partial charge in [0.1, 0.15) is 5.75 Å². The zero-order valence-corrected chi connectivity index (χ0v) is 19.2. The third-order valence-corrected chi connectivity index (χ3v) is 4.38. The fourth-order valence-electron chi connectivity index (χ4n) is 2.61. The van der Waals surface area contributed by atoms with Crippen LogP contribution in [0.1, 0.15) is 40.1 Å². The van der Waals surface area contributed by atoms with Crippen molar-refractivity contribution in [2.24, 2.45) is 16.9 Å². The second-order valence-corrected chi connectivity index (χ2v) is 7.47. The molecule has 2 aromatic carbocycles. The van der Waals surface area contributed by atoms with Crippen molar-refractivity contribution in [1.29, 1.82) is 0 Å². The van der Waals surface area contributed by atoms with Crippen LogP contribution in [0.25, 0.3) is 0 Å². The molecule has 0 spiro atoms. The van der Waals surface area contributed by atoms with E-state index in [0.29, 0.717) is 16.9 Å². The average molecular weight is 511 g/mol. The first kappa shape index (κ1) is 29.6. The van der Waals surface area contributed by atoms with Gasteiger partial charge in [0.25, 0.3) is 5.91 Å². The lowest BCUT2D eigenvalue weighted by Gasteiger charge is -2.21. The van der Waals surface area contributed by atoms with Crippen LogP contribution in [0, 0.1) is 5.92 Å². The quantitative estimate of drug-likeness (QED) is 0.172. The highest BCUT2D eigenvalue weighted by Gasteiger charge is 2.38. The number of nitrogens with zero attached hydrogens (tertiary/aromatic N) is 1. The third kappa shape index (κ3) is 9.83. The molecule has 5 N–H and O–H groups in total. The van der Waals surface area contributed by atoms with Gasteiger partial charge >= 0.3 is 18.1 Å². The Balaban J connectivity index is 0.000000809. The Morgan fingerprint density at radius 2 is 1.50 bits per heavy atom. The molecule has 0 saturated heterocycles.